The van der Waals surface area contributed by atoms with Crippen LogP contribution in [0.5, 0.6) is 0 Å². The van der Waals surface area contributed by atoms with Gasteiger partial charge in [-0.3, -0.25) is 29.4 Å². The van der Waals surface area contributed by atoms with Gasteiger partial charge in [-0.1, -0.05) is 18.9 Å². The van der Waals surface area contributed by atoms with Crippen LogP contribution in [0.4, 0.5) is 5.69 Å². The van der Waals surface area contributed by atoms with Crippen LogP contribution in [0, 0.1) is 25.7 Å². The monoisotopic (exact) mass is 365 g/mol. The van der Waals surface area contributed by atoms with Gasteiger partial charge in [0.05, 0.1) is 17.5 Å². The minimum absolute atomic E-state index is 0.126. The summed E-state index contributed by atoms with van der Waals surface area (Å²) in [6.45, 7) is 3.82. The molecule has 2 atom stereocenters. The van der Waals surface area contributed by atoms with Crippen LogP contribution < -0.4 is 10.3 Å². The topological polar surface area (TPSA) is 71.4 Å². The number of fused-ring (bicyclic) bond motifs is 1. The lowest BCUT2D eigenvalue weighted by atomic mass is 9.81. The number of rotatable bonds is 3. The fourth-order valence-corrected chi connectivity index (χ4v) is 4.21. The average Bonchev–Trinajstić information content (AvgIpc) is 3.13. The van der Waals surface area contributed by atoms with E-state index in [1.54, 1.807) is 28.9 Å². The molecule has 3 amide bonds. The molecule has 1 aliphatic carbocycles. The predicted octanol–water partition coefficient (Wildman–Crippen LogP) is 3.17. The number of benzene rings is 1. The molecule has 6 nitrogen and oxygen atoms in total. The lowest BCUT2D eigenvalue weighted by molar-refractivity contribution is -0.122. The third kappa shape index (κ3) is 2.95. The lowest BCUT2D eigenvalue weighted by Gasteiger charge is -2.19. The fraction of sp³-hybridized carbons (Fsp3) is 0.381. The van der Waals surface area contributed by atoms with Gasteiger partial charge in [-0.05, 0) is 57.0 Å². The van der Waals surface area contributed by atoms with E-state index >= 15 is 0 Å². The maximum Gasteiger partial charge on any atom is 0.270 e. The van der Waals surface area contributed by atoms with Gasteiger partial charge in [-0.2, -0.15) is 0 Å². The van der Waals surface area contributed by atoms with Gasteiger partial charge in [0.2, 0.25) is 11.8 Å². The number of imide groups is 1. The molecule has 2 aliphatic rings. The Kier molecular flexibility index (Phi) is 4.34. The van der Waals surface area contributed by atoms with Crippen molar-refractivity contribution in [1.82, 2.24) is 4.68 Å². The van der Waals surface area contributed by atoms with Crippen molar-refractivity contribution in [2.45, 2.75) is 39.5 Å². The van der Waals surface area contributed by atoms with E-state index in [4.69, 9.17) is 0 Å². The first kappa shape index (κ1) is 17.5. The first-order valence-corrected chi connectivity index (χ1v) is 9.41. The summed E-state index contributed by atoms with van der Waals surface area (Å²) in [6.07, 6.45) is 3.54. The SMILES string of the molecule is Cc1ccc(C)n1NC(=O)c1cccc(N2C(=O)[C@H]3CCCC[C@@H]3C2=O)c1. The molecule has 1 aliphatic heterocycles. The maximum absolute atomic E-state index is 12.8. The number of nitrogens with one attached hydrogen (secondary N) is 1. The first-order valence-electron chi connectivity index (χ1n) is 9.41. The molecule has 1 saturated heterocycles. The summed E-state index contributed by atoms with van der Waals surface area (Å²) in [5.74, 6) is -0.933. The molecule has 2 fully saturated rings. The second-order valence-corrected chi connectivity index (χ2v) is 7.45. The van der Waals surface area contributed by atoms with Crippen molar-refractivity contribution in [3.05, 3.63) is 53.3 Å². The van der Waals surface area contributed by atoms with Crippen molar-refractivity contribution < 1.29 is 14.4 Å². The number of carbonyl (C=O) groups excluding carboxylic acids is 3. The van der Waals surface area contributed by atoms with Crippen molar-refractivity contribution in [1.29, 1.82) is 0 Å². The summed E-state index contributed by atoms with van der Waals surface area (Å²) in [4.78, 5) is 39.5. The number of carbonyl (C=O) groups is 3. The van der Waals surface area contributed by atoms with E-state index in [2.05, 4.69) is 5.43 Å². The Bertz CT molecular complexity index is 887. The quantitative estimate of drug-likeness (QED) is 0.849. The summed E-state index contributed by atoms with van der Waals surface area (Å²) in [7, 11) is 0. The molecule has 4 rings (SSSR count). The number of amides is 3. The Hall–Kier alpha value is -2.89. The van der Waals surface area contributed by atoms with E-state index in [-0.39, 0.29) is 29.6 Å². The van der Waals surface area contributed by atoms with Crippen LogP contribution in [0.1, 0.15) is 47.4 Å². The first-order chi connectivity index (χ1) is 13.0. The minimum atomic E-state index is -0.282. The Morgan fingerprint density at radius 3 is 2.15 bits per heavy atom. The van der Waals surface area contributed by atoms with Crippen LogP contribution >= 0.6 is 0 Å². The summed E-state index contributed by atoms with van der Waals surface area (Å²) < 4.78 is 1.72. The van der Waals surface area contributed by atoms with Crippen LogP contribution in [0.3, 0.4) is 0 Å². The molecular weight excluding hydrogens is 342 g/mol. The number of hydrogen-bond donors (Lipinski definition) is 1. The standard InChI is InChI=1S/C21H23N3O3/c1-13-10-11-14(2)24(13)22-19(25)15-6-5-7-16(12-15)23-20(26)17-8-3-4-9-18(17)21(23)27/h5-7,10-12,17-18H,3-4,8-9H2,1-2H3,(H,22,25)/t17-,18-/m0/s1. The number of anilines is 1. The van der Waals surface area contributed by atoms with Crippen molar-refractivity contribution in [2.24, 2.45) is 11.8 Å². The molecule has 27 heavy (non-hydrogen) atoms. The molecule has 2 heterocycles. The van der Waals surface area contributed by atoms with E-state index in [1.165, 1.54) is 4.90 Å². The molecule has 1 aromatic carbocycles. The highest BCUT2D eigenvalue weighted by molar-refractivity contribution is 6.22. The summed E-state index contributed by atoms with van der Waals surface area (Å²) in [5, 5.41) is 0. The van der Waals surface area contributed by atoms with Gasteiger partial charge in [0.25, 0.3) is 5.91 Å². The van der Waals surface area contributed by atoms with E-state index in [1.807, 2.05) is 26.0 Å². The largest absolute Gasteiger partial charge is 0.274 e. The number of aromatic nitrogens is 1. The van der Waals surface area contributed by atoms with Crippen molar-refractivity contribution in [3.63, 3.8) is 0 Å². The Morgan fingerprint density at radius 2 is 1.56 bits per heavy atom. The summed E-state index contributed by atoms with van der Waals surface area (Å²) >= 11 is 0. The smallest absolute Gasteiger partial charge is 0.270 e. The summed E-state index contributed by atoms with van der Waals surface area (Å²) in [5.41, 5.74) is 5.59. The van der Waals surface area contributed by atoms with Gasteiger partial charge in [0.1, 0.15) is 0 Å². The molecule has 1 N–H and O–H groups in total. The van der Waals surface area contributed by atoms with E-state index in [0.717, 1.165) is 37.1 Å². The van der Waals surface area contributed by atoms with Gasteiger partial charge in [-0.15, -0.1) is 0 Å². The zero-order valence-electron chi connectivity index (χ0n) is 15.6. The number of aryl methyl sites for hydroxylation is 2. The molecule has 1 saturated carbocycles. The second-order valence-electron chi connectivity index (χ2n) is 7.45. The maximum atomic E-state index is 12.8. The normalized spacial score (nSPS) is 22.1. The molecule has 0 radical (unpaired) electrons. The highest BCUT2D eigenvalue weighted by Crippen LogP contribution is 2.40. The average molecular weight is 365 g/mol. The third-order valence-electron chi connectivity index (χ3n) is 5.69. The van der Waals surface area contributed by atoms with E-state index < -0.39 is 0 Å². The lowest BCUT2D eigenvalue weighted by Crippen LogP contribution is -2.31. The molecule has 6 heteroatoms. The highest BCUT2D eigenvalue weighted by atomic mass is 16.2. The van der Waals surface area contributed by atoms with Crippen LogP contribution in [0.2, 0.25) is 0 Å². The van der Waals surface area contributed by atoms with Gasteiger partial charge in [0.15, 0.2) is 0 Å². The zero-order chi connectivity index (χ0) is 19.1. The predicted molar refractivity (Wildman–Crippen MR) is 102 cm³/mol. The highest BCUT2D eigenvalue weighted by Gasteiger charge is 2.48. The minimum Gasteiger partial charge on any atom is -0.274 e. The Morgan fingerprint density at radius 1 is 0.963 bits per heavy atom. The van der Waals surface area contributed by atoms with Crippen LogP contribution in [-0.2, 0) is 9.59 Å². The van der Waals surface area contributed by atoms with Gasteiger partial charge in [-0.25, -0.2) is 0 Å². The van der Waals surface area contributed by atoms with E-state index in [9.17, 15) is 14.4 Å². The molecule has 0 spiro atoms. The zero-order valence-corrected chi connectivity index (χ0v) is 15.6. The van der Waals surface area contributed by atoms with Gasteiger partial charge < -0.3 is 0 Å². The van der Waals surface area contributed by atoms with Crippen LogP contribution in [0.25, 0.3) is 0 Å². The molecular formula is C21H23N3O3. The molecule has 140 valence electrons. The third-order valence-corrected chi connectivity index (χ3v) is 5.69. The van der Waals surface area contributed by atoms with Crippen LogP contribution in [-0.4, -0.2) is 22.4 Å². The van der Waals surface area contributed by atoms with Crippen molar-refractivity contribution >= 4 is 23.4 Å². The van der Waals surface area contributed by atoms with Crippen LogP contribution in [0.15, 0.2) is 36.4 Å². The number of hydrogen-bond acceptors (Lipinski definition) is 3. The Labute approximate surface area is 158 Å². The molecule has 2 aromatic rings. The Balaban J connectivity index is 1.60. The molecule has 0 bridgehead atoms. The van der Waals surface area contributed by atoms with Crippen molar-refractivity contribution in [2.75, 3.05) is 10.3 Å². The van der Waals surface area contributed by atoms with E-state index in [0.29, 0.717) is 11.3 Å². The number of nitrogens with zero attached hydrogens (tertiary/aromatic N) is 2. The molecule has 0 unspecified atom stereocenters. The molecule has 1 aromatic heterocycles. The fourth-order valence-electron chi connectivity index (χ4n) is 4.21. The second kappa shape index (κ2) is 6.68. The van der Waals surface area contributed by atoms with Crippen molar-refractivity contribution in [3.8, 4) is 0 Å². The van der Waals surface area contributed by atoms with Gasteiger partial charge >= 0.3 is 0 Å². The van der Waals surface area contributed by atoms with Gasteiger partial charge in [0, 0.05) is 17.0 Å². The summed E-state index contributed by atoms with van der Waals surface area (Å²) in [6, 6.07) is 10.6.